The summed E-state index contributed by atoms with van der Waals surface area (Å²) in [6, 6.07) is 18.5. The standard InChI is InChI=1S/C23H15F2NO3/c1-28-22-5-3-2-4-19(22)17(14-26)12-15-6-9-18(10-7-15)29-23(27)16-8-11-20(24)21(25)13-16/h2-13H,1H3/b17-12-. The molecule has 0 amide bonds. The van der Waals surface area contributed by atoms with Crippen molar-refractivity contribution in [2.45, 2.75) is 0 Å². The lowest BCUT2D eigenvalue weighted by molar-refractivity contribution is 0.0734. The maximum Gasteiger partial charge on any atom is 0.343 e. The second kappa shape index (κ2) is 8.81. The first-order valence-electron chi connectivity index (χ1n) is 8.54. The van der Waals surface area contributed by atoms with Gasteiger partial charge in [-0.25, -0.2) is 13.6 Å². The van der Waals surface area contributed by atoms with Crippen molar-refractivity contribution >= 4 is 17.6 Å². The molecule has 3 rings (SSSR count). The molecule has 0 saturated heterocycles. The number of carbonyl (C=O) groups excluding carboxylic acids is 1. The van der Waals surface area contributed by atoms with Crippen LogP contribution in [-0.4, -0.2) is 13.1 Å². The lowest BCUT2D eigenvalue weighted by Gasteiger charge is -2.07. The van der Waals surface area contributed by atoms with E-state index in [9.17, 15) is 18.8 Å². The highest BCUT2D eigenvalue weighted by Gasteiger charge is 2.12. The highest BCUT2D eigenvalue weighted by atomic mass is 19.2. The summed E-state index contributed by atoms with van der Waals surface area (Å²) in [5.41, 5.74) is 1.68. The van der Waals surface area contributed by atoms with Crippen molar-refractivity contribution in [1.29, 1.82) is 5.26 Å². The van der Waals surface area contributed by atoms with Crippen LogP contribution in [0.15, 0.2) is 66.7 Å². The zero-order valence-corrected chi connectivity index (χ0v) is 15.4. The van der Waals surface area contributed by atoms with Gasteiger partial charge in [-0.3, -0.25) is 0 Å². The minimum atomic E-state index is -1.12. The number of halogens is 2. The van der Waals surface area contributed by atoms with E-state index in [0.717, 1.165) is 18.2 Å². The number of hydrogen-bond donors (Lipinski definition) is 0. The van der Waals surface area contributed by atoms with Crippen LogP contribution in [0.25, 0.3) is 11.6 Å². The van der Waals surface area contributed by atoms with Crippen molar-refractivity contribution in [3.8, 4) is 17.6 Å². The number of rotatable bonds is 5. The molecule has 29 heavy (non-hydrogen) atoms. The van der Waals surface area contributed by atoms with Gasteiger partial charge in [-0.1, -0.05) is 24.3 Å². The maximum absolute atomic E-state index is 13.3. The van der Waals surface area contributed by atoms with E-state index in [-0.39, 0.29) is 11.3 Å². The van der Waals surface area contributed by atoms with E-state index in [4.69, 9.17) is 9.47 Å². The number of para-hydroxylation sites is 1. The number of esters is 1. The highest BCUT2D eigenvalue weighted by Crippen LogP contribution is 2.27. The summed E-state index contributed by atoms with van der Waals surface area (Å²) < 4.78 is 36.7. The molecule has 0 radical (unpaired) electrons. The highest BCUT2D eigenvalue weighted by molar-refractivity contribution is 5.92. The van der Waals surface area contributed by atoms with Crippen molar-refractivity contribution in [2.24, 2.45) is 0 Å². The van der Waals surface area contributed by atoms with Crippen LogP contribution in [0.4, 0.5) is 8.78 Å². The lowest BCUT2D eigenvalue weighted by Crippen LogP contribution is -2.09. The largest absolute Gasteiger partial charge is 0.496 e. The second-order valence-electron chi connectivity index (χ2n) is 5.96. The fraction of sp³-hybridized carbons (Fsp3) is 0.0435. The molecule has 0 saturated carbocycles. The number of nitrogens with zero attached hydrogens (tertiary/aromatic N) is 1. The molecule has 0 unspecified atom stereocenters. The molecule has 3 aromatic carbocycles. The van der Waals surface area contributed by atoms with Gasteiger partial charge < -0.3 is 9.47 Å². The van der Waals surface area contributed by atoms with Crippen molar-refractivity contribution in [2.75, 3.05) is 7.11 Å². The van der Waals surface area contributed by atoms with Gasteiger partial charge in [0.05, 0.1) is 24.3 Å². The van der Waals surface area contributed by atoms with Crippen LogP contribution in [0.2, 0.25) is 0 Å². The SMILES string of the molecule is COc1ccccc1/C(C#N)=C\c1ccc(OC(=O)c2ccc(F)c(F)c2)cc1. The van der Waals surface area contributed by atoms with Gasteiger partial charge in [0.15, 0.2) is 11.6 Å². The van der Waals surface area contributed by atoms with E-state index in [1.807, 2.05) is 12.1 Å². The number of methoxy groups -OCH3 is 1. The molecule has 0 aromatic heterocycles. The third-order valence-corrected chi connectivity index (χ3v) is 4.07. The molecule has 144 valence electrons. The summed E-state index contributed by atoms with van der Waals surface area (Å²) in [4.78, 5) is 12.1. The molecule has 0 bridgehead atoms. The van der Waals surface area contributed by atoms with Crippen LogP contribution in [0, 0.1) is 23.0 Å². The van der Waals surface area contributed by atoms with Gasteiger partial charge in [-0.2, -0.15) is 5.26 Å². The zero-order chi connectivity index (χ0) is 20.8. The summed E-state index contributed by atoms with van der Waals surface area (Å²) in [6.07, 6.45) is 1.68. The fourth-order valence-electron chi connectivity index (χ4n) is 2.63. The predicted molar refractivity (Wildman–Crippen MR) is 104 cm³/mol. The van der Waals surface area contributed by atoms with Gasteiger partial charge in [0.2, 0.25) is 0 Å². The van der Waals surface area contributed by atoms with E-state index in [1.54, 1.807) is 42.5 Å². The van der Waals surface area contributed by atoms with Gasteiger partial charge in [0.1, 0.15) is 11.5 Å². The van der Waals surface area contributed by atoms with Crippen molar-refractivity contribution in [3.05, 3.63) is 95.1 Å². The molecular weight excluding hydrogens is 376 g/mol. The van der Waals surface area contributed by atoms with E-state index in [2.05, 4.69) is 6.07 Å². The molecule has 0 spiro atoms. The predicted octanol–water partition coefficient (Wildman–Crippen LogP) is 5.26. The van der Waals surface area contributed by atoms with Gasteiger partial charge in [0.25, 0.3) is 0 Å². The molecule has 0 atom stereocenters. The average molecular weight is 391 g/mol. The summed E-state index contributed by atoms with van der Waals surface area (Å²) in [7, 11) is 1.53. The van der Waals surface area contributed by atoms with Crippen molar-refractivity contribution in [1.82, 2.24) is 0 Å². The molecule has 0 heterocycles. The number of nitriles is 1. The van der Waals surface area contributed by atoms with Gasteiger partial charge in [-0.15, -0.1) is 0 Å². The van der Waals surface area contributed by atoms with E-state index >= 15 is 0 Å². The average Bonchev–Trinajstić information content (AvgIpc) is 2.75. The van der Waals surface area contributed by atoms with E-state index in [0.29, 0.717) is 22.4 Å². The quantitative estimate of drug-likeness (QED) is 0.258. The number of carbonyl (C=O) groups is 1. The lowest BCUT2D eigenvalue weighted by atomic mass is 10.0. The third-order valence-electron chi connectivity index (χ3n) is 4.07. The Hall–Kier alpha value is -3.98. The number of hydrogen-bond acceptors (Lipinski definition) is 4. The van der Waals surface area contributed by atoms with Crippen LogP contribution in [0.3, 0.4) is 0 Å². The number of benzene rings is 3. The summed E-state index contributed by atoms with van der Waals surface area (Å²) in [5.74, 6) is -2.16. The van der Waals surface area contributed by atoms with Crippen LogP contribution in [0.1, 0.15) is 21.5 Å². The summed E-state index contributed by atoms with van der Waals surface area (Å²) >= 11 is 0. The van der Waals surface area contributed by atoms with Gasteiger partial charge in [-0.05, 0) is 54.1 Å². The Morgan fingerprint density at radius 1 is 1.00 bits per heavy atom. The molecular formula is C23H15F2NO3. The molecule has 0 fully saturated rings. The zero-order valence-electron chi connectivity index (χ0n) is 15.4. The smallest absolute Gasteiger partial charge is 0.343 e. The molecule has 0 aliphatic rings. The Labute approximate surface area is 166 Å². The Kier molecular flexibility index (Phi) is 6.00. The molecule has 3 aromatic rings. The van der Waals surface area contributed by atoms with Crippen LogP contribution >= 0.6 is 0 Å². The Morgan fingerprint density at radius 2 is 1.72 bits per heavy atom. The first-order chi connectivity index (χ1) is 14.0. The molecule has 0 aliphatic heterocycles. The first kappa shape index (κ1) is 19.8. The second-order valence-corrected chi connectivity index (χ2v) is 5.96. The first-order valence-corrected chi connectivity index (χ1v) is 8.54. The van der Waals surface area contributed by atoms with Gasteiger partial charge >= 0.3 is 5.97 Å². The molecule has 0 N–H and O–H groups in total. The maximum atomic E-state index is 13.3. The van der Waals surface area contributed by atoms with Crippen LogP contribution in [0.5, 0.6) is 11.5 Å². The van der Waals surface area contributed by atoms with Crippen molar-refractivity contribution < 1.29 is 23.0 Å². The van der Waals surface area contributed by atoms with Crippen LogP contribution in [-0.2, 0) is 0 Å². The number of allylic oxidation sites excluding steroid dienone is 1. The topological polar surface area (TPSA) is 59.3 Å². The minimum Gasteiger partial charge on any atom is -0.496 e. The monoisotopic (exact) mass is 391 g/mol. The Morgan fingerprint density at radius 3 is 2.38 bits per heavy atom. The third kappa shape index (κ3) is 4.66. The van der Waals surface area contributed by atoms with E-state index in [1.165, 1.54) is 7.11 Å². The Bertz CT molecular complexity index is 1120. The molecule has 6 heteroatoms. The number of ether oxygens (including phenoxy) is 2. The Balaban J connectivity index is 1.79. The fourth-order valence-corrected chi connectivity index (χ4v) is 2.63. The van der Waals surface area contributed by atoms with Crippen LogP contribution < -0.4 is 9.47 Å². The summed E-state index contributed by atoms with van der Waals surface area (Å²) in [6.45, 7) is 0. The molecule has 0 aliphatic carbocycles. The van der Waals surface area contributed by atoms with E-state index < -0.39 is 17.6 Å². The minimum absolute atomic E-state index is 0.101. The van der Waals surface area contributed by atoms with Crippen molar-refractivity contribution in [3.63, 3.8) is 0 Å². The summed E-state index contributed by atoms with van der Waals surface area (Å²) in [5, 5.41) is 9.50. The normalized spacial score (nSPS) is 10.9. The molecule has 4 nitrogen and oxygen atoms in total. The van der Waals surface area contributed by atoms with Gasteiger partial charge in [0, 0.05) is 5.56 Å².